The summed E-state index contributed by atoms with van der Waals surface area (Å²) in [7, 11) is 0. The molecule has 0 amide bonds. The summed E-state index contributed by atoms with van der Waals surface area (Å²) in [4.78, 5) is 6.64. The number of hydrogen-bond acceptors (Lipinski definition) is 4. The number of piperidine rings is 1. The van der Waals surface area contributed by atoms with E-state index in [2.05, 4.69) is 22.9 Å². The van der Waals surface area contributed by atoms with Crippen LogP contribution >= 0.6 is 0 Å². The molecular formula is C13H21N3O. The van der Waals surface area contributed by atoms with E-state index >= 15 is 0 Å². The number of aliphatic hydroxyl groups is 1. The van der Waals surface area contributed by atoms with E-state index in [1.807, 2.05) is 19.2 Å². The third kappa shape index (κ3) is 2.76. The van der Waals surface area contributed by atoms with Crippen LogP contribution in [-0.2, 0) is 0 Å². The van der Waals surface area contributed by atoms with E-state index in [0.717, 1.165) is 30.9 Å². The molecular weight excluding hydrogens is 214 g/mol. The van der Waals surface area contributed by atoms with Gasteiger partial charge in [0, 0.05) is 19.1 Å². The van der Waals surface area contributed by atoms with Gasteiger partial charge in [-0.2, -0.15) is 0 Å². The van der Waals surface area contributed by atoms with E-state index < -0.39 is 0 Å². The summed E-state index contributed by atoms with van der Waals surface area (Å²) in [6.45, 7) is 5.80. The molecule has 0 aromatic carbocycles. The van der Waals surface area contributed by atoms with Crippen molar-refractivity contribution in [2.75, 3.05) is 18.0 Å². The van der Waals surface area contributed by atoms with Crippen molar-refractivity contribution in [2.24, 2.45) is 11.7 Å². The molecule has 1 aliphatic rings. The van der Waals surface area contributed by atoms with Crippen molar-refractivity contribution in [3.8, 4) is 0 Å². The topological polar surface area (TPSA) is 62.4 Å². The molecule has 4 nitrogen and oxygen atoms in total. The second kappa shape index (κ2) is 5.02. The standard InChI is InChI=1S/C13H21N3O/c1-9-8-16(6-5-13(9)17)11-3-4-12(10(2)14)15-7-11/h3-4,7,9-10,13,17H,5-6,8,14H2,1-2H3/t9?,10-,13?/m1/s1. The van der Waals surface area contributed by atoms with E-state index in [1.165, 1.54) is 0 Å². The normalized spacial score (nSPS) is 26.9. The first kappa shape index (κ1) is 12.3. The highest BCUT2D eigenvalue weighted by atomic mass is 16.3. The number of aliphatic hydroxyl groups excluding tert-OH is 1. The van der Waals surface area contributed by atoms with Crippen molar-refractivity contribution >= 4 is 5.69 Å². The van der Waals surface area contributed by atoms with Gasteiger partial charge >= 0.3 is 0 Å². The molecule has 1 fully saturated rings. The van der Waals surface area contributed by atoms with Gasteiger partial charge in [0.25, 0.3) is 0 Å². The molecule has 94 valence electrons. The van der Waals surface area contributed by atoms with E-state index in [0.29, 0.717) is 5.92 Å². The molecule has 0 saturated carbocycles. The Kier molecular flexibility index (Phi) is 3.64. The van der Waals surface area contributed by atoms with Crippen LogP contribution in [0.25, 0.3) is 0 Å². The lowest BCUT2D eigenvalue weighted by Crippen LogP contribution is -2.42. The van der Waals surface area contributed by atoms with Crippen LogP contribution in [0.15, 0.2) is 18.3 Å². The van der Waals surface area contributed by atoms with Crippen LogP contribution in [0, 0.1) is 5.92 Å². The zero-order valence-electron chi connectivity index (χ0n) is 10.5. The number of anilines is 1. The Hall–Kier alpha value is -1.13. The Balaban J connectivity index is 2.07. The van der Waals surface area contributed by atoms with Gasteiger partial charge in [-0.3, -0.25) is 4.98 Å². The zero-order chi connectivity index (χ0) is 12.4. The van der Waals surface area contributed by atoms with Gasteiger partial charge in [0.15, 0.2) is 0 Å². The number of aromatic nitrogens is 1. The van der Waals surface area contributed by atoms with Gasteiger partial charge < -0.3 is 15.7 Å². The first-order valence-corrected chi connectivity index (χ1v) is 6.22. The summed E-state index contributed by atoms with van der Waals surface area (Å²) < 4.78 is 0. The van der Waals surface area contributed by atoms with Crippen LogP contribution in [-0.4, -0.2) is 29.3 Å². The lowest BCUT2D eigenvalue weighted by atomic mass is 9.96. The van der Waals surface area contributed by atoms with Crippen LogP contribution in [0.5, 0.6) is 0 Å². The lowest BCUT2D eigenvalue weighted by Gasteiger charge is -2.35. The van der Waals surface area contributed by atoms with Crippen LogP contribution in [0.3, 0.4) is 0 Å². The first-order chi connectivity index (χ1) is 8.08. The number of nitrogens with zero attached hydrogens (tertiary/aromatic N) is 2. The average molecular weight is 235 g/mol. The highest BCUT2D eigenvalue weighted by Crippen LogP contribution is 2.23. The summed E-state index contributed by atoms with van der Waals surface area (Å²) in [6, 6.07) is 4.03. The number of hydrogen-bond donors (Lipinski definition) is 2. The number of pyridine rings is 1. The SMILES string of the molecule is CC1CN(c2ccc([C@@H](C)N)nc2)CCC1O. The molecule has 3 atom stereocenters. The van der Waals surface area contributed by atoms with Gasteiger partial charge in [-0.15, -0.1) is 0 Å². The van der Waals surface area contributed by atoms with Crippen molar-refractivity contribution < 1.29 is 5.11 Å². The van der Waals surface area contributed by atoms with Gasteiger partial charge in [-0.1, -0.05) is 6.92 Å². The fourth-order valence-corrected chi connectivity index (χ4v) is 2.22. The minimum Gasteiger partial charge on any atom is -0.393 e. The monoisotopic (exact) mass is 235 g/mol. The second-order valence-electron chi connectivity index (χ2n) is 5.01. The molecule has 3 N–H and O–H groups in total. The second-order valence-corrected chi connectivity index (χ2v) is 5.01. The van der Waals surface area contributed by atoms with Gasteiger partial charge in [0.05, 0.1) is 23.7 Å². The summed E-state index contributed by atoms with van der Waals surface area (Å²) in [6.07, 6.45) is 2.54. The Labute approximate surface area is 102 Å². The molecule has 2 heterocycles. The summed E-state index contributed by atoms with van der Waals surface area (Å²) in [5, 5.41) is 9.70. The average Bonchev–Trinajstić information content (AvgIpc) is 2.33. The van der Waals surface area contributed by atoms with E-state index in [1.54, 1.807) is 0 Å². The van der Waals surface area contributed by atoms with Crippen LogP contribution < -0.4 is 10.6 Å². The first-order valence-electron chi connectivity index (χ1n) is 6.22. The van der Waals surface area contributed by atoms with E-state index in [4.69, 9.17) is 5.73 Å². The van der Waals surface area contributed by atoms with Crippen molar-refractivity contribution in [1.29, 1.82) is 0 Å². The Morgan fingerprint density at radius 3 is 2.82 bits per heavy atom. The fraction of sp³-hybridized carbons (Fsp3) is 0.615. The molecule has 2 unspecified atom stereocenters. The summed E-state index contributed by atoms with van der Waals surface area (Å²) in [5.74, 6) is 0.317. The van der Waals surface area contributed by atoms with Gasteiger partial charge in [0.2, 0.25) is 0 Å². The summed E-state index contributed by atoms with van der Waals surface area (Å²) >= 11 is 0. The molecule has 2 rings (SSSR count). The maximum atomic E-state index is 9.70. The van der Waals surface area contributed by atoms with Crippen molar-refractivity contribution in [1.82, 2.24) is 4.98 Å². The Bertz CT molecular complexity index is 363. The summed E-state index contributed by atoms with van der Waals surface area (Å²) in [5.41, 5.74) is 7.81. The molecule has 0 bridgehead atoms. The molecule has 1 aromatic heterocycles. The third-order valence-electron chi connectivity index (χ3n) is 3.46. The van der Waals surface area contributed by atoms with E-state index in [-0.39, 0.29) is 12.1 Å². The number of nitrogens with two attached hydrogens (primary N) is 1. The molecule has 1 saturated heterocycles. The fourth-order valence-electron chi connectivity index (χ4n) is 2.22. The third-order valence-corrected chi connectivity index (χ3v) is 3.46. The Morgan fingerprint density at radius 1 is 1.53 bits per heavy atom. The van der Waals surface area contributed by atoms with Crippen molar-refractivity contribution in [3.63, 3.8) is 0 Å². The predicted octanol–water partition coefficient (Wildman–Crippen LogP) is 1.31. The van der Waals surface area contributed by atoms with Crippen molar-refractivity contribution in [3.05, 3.63) is 24.0 Å². The van der Waals surface area contributed by atoms with Gasteiger partial charge in [0.1, 0.15) is 0 Å². The maximum absolute atomic E-state index is 9.70. The molecule has 0 aliphatic carbocycles. The quantitative estimate of drug-likeness (QED) is 0.811. The largest absolute Gasteiger partial charge is 0.393 e. The lowest BCUT2D eigenvalue weighted by molar-refractivity contribution is 0.0971. The minimum atomic E-state index is -0.164. The predicted molar refractivity (Wildman–Crippen MR) is 68.8 cm³/mol. The Morgan fingerprint density at radius 2 is 2.29 bits per heavy atom. The van der Waals surface area contributed by atoms with E-state index in [9.17, 15) is 5.11 Å². The molecule has 1 aromatic rings. The van der Waals surface area contributed by atoms with Gasteiger partial charge in [-0.05, 0) is 31.4 Å². The van der Waals surface area contributed by atoms with Crippen LogP contribution in [0.4, 0.5) is 5.69 Å². The maximum Gasteiger partial charge on any atom is 0.0599 e. The molecule has 4 heteroatoms. The molecule has 1 aliphatic heterocycles. The minimum absolute atomic E-state index is 0.0221. The van der Waals surface area contributed by atoms with Crippen LogP contribution in [0.1, 0.15) is 32.0 Å². The highest BCUT2D eigenvalue weighted by Gasteiger charge is 2.24. The molecule has 0 spiro atoms. The van der Waals surface area contributed by atoms with Crippen molar-refractivity contribution in [2.45, 2.75) is 32.4 Å². The van der Waals surface area contributed by atoms with Gasteiger partial charge in [-0.25, -0.2) is 0 Å². The smallest absolute Gasteiger partial charge is 0.0599 e. The van der Waals surface area contributed by atoms with Crippen LogP contribution in [0.2, 0.25) is 0 Å². The number of rotatable bonds is 2. The highest BCUT2D eigenvalue weighted by molar-refractivity contribution is 5.45. The zero-order valence-corrected chi connectivity index (χ0v) is 10.5. The molecule has 0 radical (unpaired) electrons. The molecule has 17 heavy (non-hydrogen) atoms.